The molecule has 0 aliphatic rings. The van der Waals surface area contributed by atoms with Crippen molar-refractivity contribution in [3.8, 4) is 0 Å². The number of amides is 7. The quantitative estimate of drug-likeness (QED) is 0.0337. The molecule has 0 aliphatic carbocycles. The lowest BCUT2D eigenvalue weighted by Crippen LogP contribution is -2.78. The van der Waals surface area contributed by atoms with E-state index in [0.29, 0.717) is 13.0 Å². The number of carbonyl (C=O) groups excluding carboxylic acids is 7. The summed E-state index contributed by atoms with van der Waals surface area (Å²) in [7, 11) is 0. The summed E-state index contributed by atoms with van der Waals surface area (Å²) in [5.41, 5.74) is 26.5. The van der Waals surface area contributed by atoms with E-state index in [1.165, 1.54) is 6.92 Å². The molecule has 0 aromatic heterocycles. The van der Waals surface area contributed by atoms with E-state index in [9.17, 15) is 43.5 Å². The summed E-state index contributed by atoms with van der Waals surface area (Å²) < 4.78 is 0. The number of carboxylic acids is 1. The highest BCUT2D eigenvalue weighted by Crippen LogP contribution is 1.99. The highest BCUT2D eigenvalue weighted by atomic mass is 16.4. The van der Waals surface area contributed by atoms with E-state index in [1.807, 2.05) is 0 Å². The van der Waals surface area contributed by atoms with Gasteiger partial charge in [-0.3, -0.25) is 54.8 Å². The number of hydrogen-bond donors (Lipinski definition) is 13. The van der Waals surface area contributed by atoms with Gasteiger partial charge in [0.2, 0.25) is 41.4 Å². The first-order valence-electron chi connectivity index (χ1n) is 13.2. The molecule has 18 N–H and O–H groups in total. The Bertz CT molecular complexity index is 1110. The van der Waals surface area contributed by atoms with Crippen LogP contribution in [0.1, 0.15) is 39.5 Å². The predicted molar refractivity (Wildman–Crippen MR) is 150 cm³/mol. The lowest BCUT2D eigenvalue weighted by molar-refractivity contribution is -0.459. The first-order chi connectivity index (χ1) is 20.3. The number of rotatable bonds is 20. The van der Waals surface area contributed by atoms with Crippen molar-refractivity contribution < 1.29 is 53.6 Å². The van der Waals surface area contributed by atoms with Crippen LogP contribution in [-0.4, -0.2) is 113 Å². The molecule has 0 bridgehead atoms. The van der Waals surface area contributed by atoms with Gasteiger partial charge in [-0.1, -0.05) is 0 Å². The van der Waals surface area contributed by atoms with Crippen LogP contribution < -0.4 is 60.2 Å². The molecule has 21 nitrogen and oxygen atoms in total. The lowest BCUT2D eigenvalue weighted by atomic mass is 10.1. The Balaban J connectivity index is 5.18. The van der Waals surface area contributed by atoms with Gasteiger partial charge in [0.15, 0.2) is 0 Å². The van der Waals surface area contributed by atoms with E-state index in [1.54, 1.807) is 0 Å². The van der Waals surface area contributed by atoms with E-state index in [0.717, 1.165) is 6.92 Å². The summed E-state index contributed by atoms with van der Waals surface area (Å²) in [6, 6.07) is -7.15. The molecule has 0 unspecified atom stereocenters. The van der Waals surface area contributed by atoms with Crippen LogP contribution in [-0.2, 0) is 38.4 Å². The van der Waals surface area contributed by atoms with Crippen LogP contribution in [0.3, 0.4) is 0 Å². The Morgan fingerprint density at radius 3 is 1.89 bits per heavy atom. The van der Waals surface area contributed by atoms with Crippen LogP contribution >= 0.6 is 0 Å². The average Bonchev–Trinajstić information content (AvgIpc) is 2.90. The van der Waals surface area contributed by atoms with Crippen molar-refractivity contribution in [1.82, 2.24) is 26.6 Å². The van der Waals surface area contributed by atoms with Gasteiger partial charge in [0.25, 0.3) is 0 Å². The van der Waals surface area contributed by atoms with Crippen molar-refractivity contribution in [1.29, 1.82) is 0 Å². The van der Waals surface area contributed by atoms with Crippen LogP contribution in [0.4, 0.5) is 0 Å². The van der Waals surface area contributed by atoms with Gasteiger partial charge < -0.3 is 54.0 Å². The standard InChI is InChI=1S/C23H41N11O10/c1-9(19(41)33-12(18(26)40)7-16(38)39)31-21(43)13(6-14(25)36)32-15(37)8-30-22(44)17(10(2)35)34-20(42)11(24)4-3-5-29-23(27)28/h9-13,17,35H,3-8,24H2,1-2H3,(H2,25,36)(H2,26,40)(H,30,44)(H,31,43)(H,32,37)(H,33,41)(H,34,42)(H,38,39)(H4,27,28,29)/p+1/t9-,10+,11-,12-,13-,17-/m0/s1. The summed E-state index contributed by atoms with van der Waals surface area (Å²) in [6.45, 7) is 1.93. The van der Waals surface area contributed by atoms with Crippen molar-refractivity contribution in [2.45, 2.75) is 75.8 Å². The molecular formula is C23H42N11O10+. The lowest BCUT2D eigenvalue weighted by Gasteiger charge is -2.23. The van der Waals surface area contributed by atoms with Crippen molar-refractivity contribution >= 4 is 53.3 Å². The molecule has 248 valence electrons. The highest BCUT2D eigenvalue weighted by molar-refractivity contribution is 5.97. The number of aliphatic hydroxyl groups excluding tert-OH is 1. The van der Waals surface area contributed by atoms with Gasteiger partial charge in [0, 0.05) is 0 Å². The molecule has 0 aromatic rings. The normalized spacial score (nSPS) is 14.6. The molecule has 44 heavy (non-hydrogen) atoms. The smallest absolute Gasteiger partial charge is 0.338 e. The number of nitrogens with one attached hydrogen (secondary N) is 6. The molecular weight excluding hydrogens is 590 g/mol. The zero-order valence-electron chi connectivity index (χ0n) is 24.3. The average molecular weight is 633 g/mol. The third-order valence-corrected chi connectivity index (χ3v) is 5.69. The second kappa shape index (κ2) is 19.2. The molecule has 0 rings (SSSR count). The minimum Gasteiger partial charge on any atom is -0.481 e. The molecule has 6 atom stereocenters. The second-order valence-corrected chi connectivity index (χ2v) is 9.66. The monoisotopic (exact) mass is 632 g/mol. The van der Waals surface area contributed by atoms with Crippen LogP contribution in [0.15, 0.2) is 0 Å². The first kappa shape index (κ1) is 38.9. The molecule has 7 amide bonds. The Hall–Kier alpha value is -5.05. The van der Waals surface area contributed by atoms with Gasteiger partial charge in [0.1, 0.15) is 24.2 Å². The van der Waals surface area contributed by atoms with Gasteiger partial charge in [-0.25, -0.2) is 0 Å². The zero-order valence-corrected chi connectivity index (χ0v) is 24.3. The summed E-state index contributed by atoms with van der Waals surface area (Å²) in [5.74, 6) is -8.39. The van der Waals surface area contributed by atoms with Crippen LogP contribution in [0.5, 0.6) is 0 Å². The third kappa shape index (κ3) is 15.8. The summed E-state index contributed by atoms with van der Waals surface area (Å²) in [6.07, 6.45) is -2.37. The van der Waals surface area contributed by atoms with Crippen LogP contribution in [0, 0.1) is 0 Å². The Morgan fingerprint density at radius 1 is 0.773 bits per heavy atom. The molecule has 0 aromatic carbocycles. The van der Waals surface area contributed by atoms with E-state index >= 15 is 0 Å². The molecule has 0 fully saturated rings. The fourth-order valence-electron chi connectivity index (χ4n) is 3.36. The Labute approximate surface area is 251 Å². The van der Waals surface area contributed by atoms with Crippen molar-refractivity contribution in [2.24, 2.45) is 28.7 Å². The van der Waals surface area contributed by atoms with E-state index < -0.39 is 103 Å². The van der Waals surface area contributed by atoms with Gasteiger partial charge >= 0.3 is 11.9 Å². The second-order valence-electron chi connectivity index (χ2n) is 9.66. The Morgan fingerprint density at radius 2 is 1.39 bits per heavy atom. The van der Waals surface area contributed by atoms with Gasteiger partial charge in [-0.2, -0.15) is 0 Å². The number of carboxylic acid groups (broad SMARTS) is 1. The fraction of sp³-hybridized carbons (Fsp3) is 0.609. The maximum Gasteiger partial charge on any atom is 0.338 e. The van der Waals surface area contributed by atoms with Crippen LogP contribution in [0.25, 0.3) is 0 Å². The first-order valence-corrected chi connectivity index (χ1v) is 13.2. The fourth-order valence-corrected chi connectivity index (χ4v) is 3.36. The van der Waals surface area contributed by atoms with Crippen LogP contribution in [0.2, 0.25) is 0 Å². The number of carbonyl (C=O) groups is 8. The summed E-state index contributed by atoms with van der Waals surface area (Å²) in [5, 5.41) is 29.6. The number of hydrogen-bond acceptors (Lipinski definition) is 10. The summed E-state index contributed by atoms with van der Waals surface area (Å²) in [4.78, 5) is 98.8. The van der Waals surface area contributed by atoms with Crippen molar-refractivity contribution in [3.05, 3.63) is 0 Å². The van der Waals surface area contributed by atoms with Gasteiger partial charge in [-0.05, 0) is 26.7 Å². The van der Waals surface area contributed by atoms with Crippen molar-refractivity contribution in [3.63, 3.8) is 0 Å². The minimum absolute atomic E-state index is 0.00819. The number of aliphatic hydroxyl groups is 1. The number of primary amides is 2. The largest absolute Gasteiger partial charge is 0.481 e. The zero-order chi connectivity index (χ0) is 34.1. The van der Waals surface area contributed by atoms with Crippen molar-refractivity contribution in [2.75, 3.05) is 13.1 Å². The summed E-state index contributed by atoms with van der Waals surface area (Å²) >= 11 is 0. The van der Waals surface area contributed by atoms with E-state index in [4.69, 9.17) is 33.8 Å². The highest BCUT2D eigenvalue weighted by Gasteiger charge is 2.30. The SMILES string of the molecule is C[C@H](NC(=O)[C@H](CC(N)=O)NC(=O)CNC(=O)[C@@H](NC(=O)[C@@H](N)CCC[NH+]=C(N)N)[C@@H](C)O)C(=O)N[C@@H](CC(=O)O)C(N)=O. The number of aliphatic carboxylic acids is 1. The molecule has 21 heteroatoms. The van der Waals surface area contributed by atoms with E-state index in [2.05, 4.69) is 31.6 Å². The molecule has 0 heterocycles. The van der Waals surface area contributed by atoms with Gasteiger partial charge in [-0.15, -0.1) is 0 Å². The Kier molecular flexibility index (Phi) is 17.0. The molecule has 0 saturated heterocycles. The molecule has 0 saturated carbocycles. The number of nitrogens with two attached hydrogens (primary N) is 5. The molecule has 0 radical (unpaired) electrons. The topological polar surface area (TPSA) is 381 Å². The maximum atomic E-state index is 12.7. The van der Waals surface area contributed by atoms with Gasteiger partial charge in [0.05, 0.1) is 38.1 Å². The predicted octanol–water partition coefficient (Wildman–Crippen LogP) is -9.26. The minimum atomic E-state index is -1.62. The van der Waals surface area contributed by atoms with E-state index in [-0.39, 0.29) is 12.4 Å². The third-order valence-electron chi connectivity index (χ3n) is 5.69. The molecule has 0 spiro atoms. The number of guanidine groups is 1. The maximum absolute atomic E-state index is 12.7. The molecule has 0 aliphatic heterocycles.